The molecule has 1 aromatic carbocycles. The zero-order chi connectivity index (χ0) is 12.2. The minimum absolute atomic E-state index is 0.0728. The first-order valence-corrected chi connectivity index (χ1v) is 6.22. The number of carboxylic acids is 1. The van der Waals surface area contributed by atoms with E-state index in [9.17, 15) is 4.79 Å². The van der Waals surface area contributed by atoms with Crippen molar-refractivity contribution < 1.29 is 9.90 Å². The fourth-order valence-corrected chi connectivity index (χ4v) is 2.63. The summed E-state index contributed by atoms with van der Waals surface area (Å²) in [5.74, 6) is -0.0219. The monoisotopic (exact) mass is 294 g/mol. The number of hydrogen-bond donors (Lipinski definition) is 1. The fourth-order valence-electron chi connectivity index (χ4n) is 2.28. The number of hydrogen-bond acceptors (Lipinski definition) is 2. The van der Waals surface area contributed by atoms with E-state index < -0.39 is 5.97 Å². The molecule has 1 aliphatic rings. The lowest BCUT2D eigenvalue weighted by Crippen LogP contribution is -2.02. The van der Waals surface area contributed by atoms with Crippen LogP contribution in [0, 0.1) is 5.92 Å². The van der Waals surface area contributed by atoms with E-state index >= 15 is 0 Å². The Kier molecular flexibility index (Phi) is 2.26. The van der Waals surface area contributed by atoms with Gasteiger partial charge in [0.2, 0.25) is 0 Å². The SMILES string of the molecule is Cn1c(C2CC2C(=O)O)nc2cc(Br)ccc21. The van der Waals surface area contributed by atoms with Crippen LogP contribution in [0.3, 0.4) is 0 Å². The van der Waals surface area contributed by atoms with Crippen molar-refractivity contribution in [1.82, 2.24) is 9.55 Å². The van der Waals surface area contributed by atoms with Crippen molar-refractivity contribution in [2.45, 2.75) is 12.3 Å². The number of fused-ring (bicyclic) bond motifs is 1. The van der Waals surface area contributed by atoms with E-state index in [1.165, 1.54) is 0 Å². The van der Waals surface area contributed by atoms with E-state index in [1.54, 1.807) is 0 Å². The molecule has 0 spiro atoms. The van der Waals surface area contributed by atoms with Crippen molar-refractivity contribution in [3.05, 3.63) is 28.5 Å². The Bertz CT molecular complexity index is 620. The number of carboxylic acid groups (broad SMARTS) is 1. The molecule has 0 radical (unpaired) electrons. The van der Waals surface area contributed by atoms with Crippen molar-refractivity contribution in [3.8, 4) is 0 Å². The van der Waals surface area contributed by atoms with Crippen LogP contribution in [-0.2, 0) is 11.8 Å². The van der Waals surface area contributed by atoms with Crippen LogP contribution in [0.2, 0.25) is 0 Å². The van der Waals surface area contributed by atoms with Crippen LogP contribution < -0.4 is 0 Å². The molecule has 5 heteroatoms. The first-order valence-electron chi connectivity index (χ1n) is 5.42. The van der Waals surface area contributed by atoms with Crippen LogP contribution in [0.1, 0.15) is 18.2 Å². The Morgan fingerprint density at radius 3 is 3.00 bits per heavy atom. The molecular weight excluding hydrogens is 284 g/mol. The fraction of sp³-hybridized carbons (Fsp3) is 0.333. The van der Waals surface area contributed by atoms with Gasteiger partial charge in [0, 0.05) is 17.4 Å². The number of nitrogens with zero attached hydrogens (tertiary/aromatic N) is 2. The first kappa shape index (κ1) is 10.8. The Morgan fingerprint density at radius 2 is 2.35 bits per heavy atom. The van der Waals surface area contributed by atoms with Gasteiger partial charge in [0.05, 0.1) is 17.0 Å². The zero-order valence-corrected chi connectivity index (χ0v) is 10.8. The van der Waals surface area contributed by atoms with Gasteiger partial charge in [-0.05, 0) is 24.6 Å². The molecule has 2 aromatic rings. The van der Waals surface area contributed by atoms with Crippen LogP contribution in [0.4, 0.5) is 0 Å². The number of rotatable bonds is 2. The lowest BCUT2D eigenvalue weighted by Gasteiger charge is -1.99. The minimum Gasteiger partial charge on any atom is -0.481 e. The predicted molar refractivity (Wildman–Crippen MR) is 66.9 cm³/mol. The highest BCUT2D eigenvalue weighted by atomic mass is 79.9. The summed E-state index contributed by atoms with van der Waals surface area (Å²) in [7, 11) is 1.94. The molecule has 2 atom stereocenters. The highest BCUT2D eigenvalue weighted by Gasteiger charge is 2.46. The van der Waals surface area contributed by atoms with E-state index in [1.807, 2.05) is 29.8 Å². The summed E-state index contributed by atoms with van der Waals surface area (Å²) in [5, 5.41) is 8.95. The molecule has 0 amide bonds. The lowest BCUT2D eigenvalue weighted by atomic mass is 10.3. The molecule has 1 saturated carbocycles. The van der Waals surface area contributed by atoms with Gasteiger partial charge in [-0.1, -0.05) is 15.9 Å². The van der Waals surface area contributed by atoms with E-state index in [-0.39, 0.29) is 11.8 Å². The van der Waals surface area contributed by atoms with Gasteiger partial charge < -0.3 is 9.67 Å². The van der Waals surface area contributed by atoms with Crippen molar-refractivity contribution in [1.29, 1.82) is 0 Å². The van der Waals surface area contributed by atoms with Gasteiger partial charge in [-0.25, -0.2) is 4.98 Å². The van der Waals surface area contributed by atoms with Crippen molar-refractivity contribution >= 4 is 32.9 Å². The third-order valence-electron chi connectivity index (χ3n) is 3.32. The molecule has 4 nitrogen and oxygen atoms in total. The van der Waals surface area contributed by atoms with Crippen LogP contribution in [0.15, 0.2) is 22.7 Å². The summed E-state index contributed by atoms with van der Waals surface area (Å²) in [4.78, 5) is 15.4. The first-order chi connectivity index (χ1) is 8.08. The van der Waals surface area contributed by atoms with Crippen molar-refractivity contribution in [2.75, 3.05) is 0 Å². The number of aliphatic carboxylic acids is 1. The number of aromatic nitrogens is 2. The summed E-state index contributed by atoms with van der Waals surface area (Å²) < 4.78 is 2.98. The van der Waals surface area contributed by atoms with Gasteiger partial charge in [-0.2, -0.15) is 0 Å². The Morgan fingerprint density at radius 1 is 1.59 bits per heavy atom. The van der Waals surface area contributed by atoms with E-state index in [0.29, 0.717) is 6.42 Å². The number of imidazole rings is 1. The average molecular weight is 295 g/mol. The van der Waals surface area contributed by atoms with E-state index in [2.05, 4.69) is 20.9 Å². The highest BCUT2D eigenvalue weighted by Crippen LogP contribution is 2.47. The molecule has 0 aliphatic heterocycles. The maximum atomic E-state index is 10.9. The van der Waals surface area contributed by atoms with Crippen LogP contribution in [-0.4, -0.2) is 20.6 Å². The van der Waals surface area contributed by atoms with Gasteiger partial charge in [0.15, 0.2) is 0 Å². The van der Waals surface area contributed by atoms with Gasteiger partial charge >= 0.3 is 5.97 Å². The second-order valence-electron chi connectivity index (χ2n) is 4.45. The largest absolute Gasteiger partial charge is 0.481 e. The molecule has 17 heavy (non-hydrogen) atoms. The average Bonchev–Trinajstić information content (AvgIpc) is 3.00. The van der Waals surface area contributed by atoms with Crippen molar-refractivity contribution in [2.24, 2.45) is 13.0 Å². The second-order valence-corrected chi connectivity index (χ2v) is 5.36. The van der Waals surface area contributed by atoms with E-state index in [4.69, 9.17) is 5.11 Å². The number of halogens is 1. The normalized spacial score (nSPS) is 22.9. The van der Waals surface area contributed by atoms with E-state index in [0.717, 1.165) is 21.3 Å². The molecule has 1 fully saturated rings. The topological polar surface area (TPSA) is 55.1 Å². The third-order valence-corrected chi connectivity index (χ3v) is 3.81. The minimum atomic E-state index is -0.719. The number of aryl methyl sites for hydroxylation is 1. The van der Waals surface area contributed by atoms with Crippen LogP contribution in [0.25, 0.3) is 11.0 Å². The molecule has 0 bridgehead atoms. The molecule has 3 rings (SSSR count). The number of benzene rings is 1. The maximum absolute atomic E-state index is 10.9. The van der Waals surface area contributed by atoms with Gasteiger partial charge in [0.25, 0.3) is 0 Å². The van der Waals surface area contributed by atoms with Gasteiger partial charge in [-0.15, -0.1) is 0 Å². The highest BCUT2D eigenvalue weighted by molar-refractivity contribution is 9.10. The van der Waals surface area contributed by atoms with Crippen molar-refractivity contribution in [3.63, 3.8) is 0 Å². The summed E-state index contributed by atoms with van der Waals surface area (Å²) in [5.41, 5.74) is 1.95. The van der Waals surface area contributed by atoms with Gasteiger partial charge in [0.1, 0.15) is 5.82 Å². The summed E-state index contributed by atoms with van der Waals surface area (Å²) >= 11 is 3.41. The maximum Gasteiger partial charge on any atom is 0.307 e. The molecular formula is C12H11BrN2O2. The molecule has 1 heterocycles. The van der Waals surface area contributed by atoms with Gasteiger partial charge in [-0.3, -0.25) is 4.79 Å². The second kappa shape index (κ2) is 3.57. The molecule has 0 saturated heterocycles. The third kappa shape index (κ3) is 1.65. The quantitative estimate of drug-likeness (QED) is 0.926. The summed E-state index contributed by atoms with van der Waals surface area (Å²) in [6.45, 7) is 0. The smallest absolute Gasteiger partial charge is 0.307 e. The zero-order valence-electron chi connectivity index (χ0n) is 9.22. The lowest BCUT2D eigenvalue weighted by molar-refractivity contribution is -0.138. The summed E-state index contributed by atoms with van der Waals surface area (Å²) in [6.07, 6.45) is 0.702. The molecule has 1 N–H and O–H groups in total. The Hall–Kier alpha value is -1.36. The Labute approximate surface area is 106 Å². The summed E-state index contributed by atoms with van der Waals surface area (Å²) in [6, 6.07) is 5.92. The molecule has 2 unspecified atom stereocenters. The van der Waals surface area contributed by atoms with Crippen LogP contribution >= 0.6 is 15.9 Å². The molecule has 1 aromatic heterocycles. The molecule has 1 aliphatic carbocycles. The predicted octanol–water partition coefficient (Wildman–Crippen LogP) is 2.52. The standard InChI is InChI=1S/C12H11BrN2O2/c1-15-10-3-2-6(13)4-9(10)14-11(15)7-5-8(7)12(16)17/h2-4,7-8H,5H2,1H3,(H,16,17). The van der Waals surface area contributed by atoms with Crippen LogP contribution in [0.5, 0.6) is 0 Å². The Balaban J connectivity index is 2.07. The molecule has 88 valence electrons. The number of carbonyl (C=O) groups is 1.